The second-order valence-electron chi connectivity index (χ2n) is 10.1. The first-order valence-corrected chi connectivity index (χ1v) is 12.2. The fourth-order valence-corrected chi connectivity index (χ4v) is 7.23. The second-order valence-corrected chi connectivity index (χ2v) is 10.1. The van der Waals surface area contributed by atoms with Gasteiger partial charge in [-0.3, -0.25) is 9.59 Å². The molecule has 0 radical (unpaired) electrons. The van der Waals surface area contributed by atoms with E-state index in [9.17, 15) is 14.4 Å². The largest absolute Gasteiger partial charge is 0.302 e. The van der Waals surface area contributed by atoms with Crippen molar-refractivity contribution in [3.8, 4) is 11.1 Å². The lowest BCUT2D eigenvalue weighted by atomic mass is 9.42. The number of hydrogen-bond donors (Lipinski definition) is 0. The average molecular weight is 470 g/mol. The zero-order valence-corrected chi connectivity index (χ0v) is 19.7. The van der Waals surface area contributed by atoms with Crippen molar-refractivity contribution in [2.24, 2.45) is 11.8 Å². The summed E-state index contributed by atoms with van der Waals surface area (Å²) in [7, 11) is 0. The van der Waals surface area contributed by atoms with Gasteiger partial charge in [0.15, 0.2) is 0 Å². The molecule has 2 atom stereocenters. The van der Waals surface area contributed by atoms with Crippen molar-refractivity contribution in [2.75, 3.05) is 4.90 Å². The number of carbonyl (C=O) groups is 3. The molecule has 8 rings (SSSR count). The van der Waals surface area contributed by atoms with E-state index < -0.39 is 22.7 Å². The molecule has 36 heavy (non-hydrogen) atoms. The van der Waals surface area contributed by atoms with Gasteiger partial charge in [-0.05, 0) is 33.9 Å². The molecule has 0 N–H and O–H groups in total. The number of aldehydes is 1. The smallest absolute Gasteiger partial charge is 0.239 e. The molecule has 3 aliphatic carbocycles. The first-order chi connectivity index (χ1) is 17.5. The van der Waals surface area contributed by atoms with Gasteiger partial charge in [0.1, 0.15) is 6.29 Å². The van der Waals surface area contributed by atoms with Crippen LogP contribution in [0.2, 0.25) is 0 Å². The van der Waals surface area contributed by atoms with Crippen LogP contribution in [0.5, 0.6) is 0 Å². The lowest BCUT2D eigenvalue weighted by Gasteiger charge is -2.56. The minimum Gasteiger partial charge on any atom is -0.302 e. The van der Waals surface area contributed by atoms with Gasteiger partial charge in [0.2, 0.25) is 11.8 Å². The summed E-state index contributed by atoms with van der Waals surface area (Å²) in [6.07, 6.45) is 0.916. The van der Waals surface area contributed by atoms with Crippen molar-refractivity contribution in [3.05, 3.63) is 125 Å². The van der Waals surface area contributed by atoms with Crippen LogP contribution in [0.25, 0.3) is 11.1 Å². The normalized spacial score (nSPS) is 27.4. The summed E-state index contributed by atoms with van der Waals surface area (Å²) < 4.78 is 0. The molecule has 1 fully saturated rings. The summed E-state index contributed by atoms with van der Waals surface area (Å²) in [6.45, 7) is 2.06. The Morgan fingerprint density at radius 3 is 1.75 bits per heavy atom. The van der Waals surface area contributed by atoms with Gasteiger partial charge >= 0.3 is 0 Å². The Kier molecular flexibility index (Phi) is 4.15. The molecule has 1 saturated heterocycles. The van der Waals surface area contributed by atoms with Crippen LogP contribution in [0, 0.1) is 11.8 Å². The van der Waals surface area contributed by atoms with E-state index in [1.165, 1.54) is 4.90 Å². The lowest BCUT2D eigenvalue weighted by Crippen LogP contribution is -2.61. The molecule has 4 aromatic carbocycles. The molecule has 0 unspecified atom stereocenters. The molecular formula is C32H23NO3. The lowest BCUT2D eigenvalue weighted by molar-refractivity contribution is -0.129. The van der Waals surface area contributed by atoms with Crippen molar-refractivity contribution >= 4 is 23.8 Å². The van der Waals surface area contributed by atoms with Crippen molar-refractivity contribution in [3.63, 3.8) is 0 Å². The Labute approximate surface area is 209 Å². The fourth-order valence-electron chi connectivity index (χ4n) is 7.23. The van der Waals surface area contributed by atoms with E-state index in [0.29, 0.717) is 5.69 Å². The molecule has 4 aliphatic rings. The Morgan fingerprint density at radius 2 is 1.14 bits per heavy atom. The van der Waals surface area contributed by atoms with E-state index in [1.807, 2.05) is 103 Å². The molecular weight excluding hydrogens is 446 g/mol. The number of nitrogens with zero attached hydrogens (tertiary/aromatic N) is 1. The highest BCUT2D eigenvalue weighted by Crippen LogP contribution is 2.66. The minimum atomic E-state index is -1.21. The highest BCUT2D eigenvalue weighted by atomic mass is 16.2. The highest BCUT2D eigenvalue weighted by molar-refractivity contribution is 6.26. The Balaban J connectivity index is 1.51. The van der Waals surface area contributed by atoms with Crippen molar-refractivity contribution in [2.45, 2.75) is 17.8 Å². The van der Waals surface area contributed by atoms with Gasteiger partial charge in [-0.2, -0.15) is 0 Å². The number of anilines is 1. The SMILES string of the molecule is CC12c3ccccc3C(C=O)(c3ccccc31)[C@H]1C(=O)N(c3ccccc3-c3ccccc3)C(=O)[C@@H]12. The maximum absolute atomic E-state index is 14.4. The molecule has 4 aromatic rings. The molecule has 0 saturated carbocycles. The number of imide groups is 1. The average Bonchev–Trinajstić information content (AvgIpc) is 3.21. The molecule has 1 aliphatic heterocycles. The summed E-state index contributed by atoms with van der Waals surface area (Å²) in [4.78, 5) is 43.4. The summed E-state index contributed by atoms with van der Waals surface area (Å²) in [5.41, 5.74) is 3.94. The van der Waals surface area contributed by atoms with E-state index in [4.69, 9.17) is 0 Å². The molecule has 0 spiro atoms. The maximum Gasteiger partial charge on any atom is 0.239 e. The third-order valence-corrected chi connectivity index (χ3v) is 8.70. The van der Waals surface area contributed by atoms with E-state index >= 15 is 0 Å². The minimum absolute atomic E-state index is 0.244. The van der Waals surface area contributed by atoms with Crippen molar-refractivity contribution in [1.82, 2.24) is 0 Å². The van der Waals surface area contributed by atoms with Crippen molar-refractivity contribution < 1.29 is 14.4 Å². The van der Waals surface area contributed by atoms with E-state index in [1.54, 1.807) is 0 Å². The number of amides is 2. The Hall–Kier alpha value is -4.31. The summed E-state index contributed by atoms with van der Waals surface area (Å²) in [5.74, 6) is -2.04. The first kappa shape index (κ1) is 21.0. The van der Waals surface area contributed by atoms with Gasteiger partial charge in [0, 0.05) is 11.0 Å². The summed E-state index contributed by atoms with van der Waals surface area (Å²) >= 11 is 0. The third-order valence-electron chi connectivity index (χ3n) is 8.70. The Morgan fingerprint density at radius 1 is 0.639 bits per heavy atom. The summed E-state index contributed by atoms with van der Waals surface area (Å²) in [6, 6.07) is 32.9. The zero-order chi connectivity index (χ0) is 24.7. The topological polar surface area (TPSA) is 54.5 Å². The van der Waals surface area contributed by atoms with E-state index in [-0.39, 0.29) is 11.8 Å². The van der Waals surface area contributed by atoms with Crippen LogP contribution in [-0.2, 0) is 25.2 Å². The van der Waals surface area contributed by atoms with Crippen LogP contribution in [-0.4, -0.2) is 18.1 Å². The van der Waals surface area contributed by atoms with Crippen LogP contribution >= 0.6 is 0 Å². The molecule has 2 bridgehead atoms. The van der Waals surface area contributed by atoms with Crippen molar-refractivity contribution in [1.29, 1.82) is 0 Å². The van der Waals surface area contributed by atoms with Crippen LogP contribution in [0.1, 0.15) is 29.2 Å². The van der Waals surface area contributed by atoms with Crippen LogP contribution in [0.3, 0.4) is 0 Å². The molecule has 4 heteroatoms. The predicted molar refractivity (Wildman–Crippen MR) is 138 cm³/mol. The second kappa shape index (κ2) is 7.11. The molecule has 2 amide bonds. The number of carbonyl (C=O) groups excluding carboxylic acids is 3. The molecule has 174 valence electrons. The Bertz CT molecular complexity index is 1540. The summed E-state index contributed by atoms with van der Waals surface area (Å²) in [5, 5.41) is 0. The van der Waals surface area contributed by atoms with Gasteiger partial charge in [-0.15, -0.1) is 0 Å². The van der Waals surface area contributed by atoms with Crippen LogP contribution < -0.4 is 4.90 Å². The van der Waals surface area contributed by atoms with Gasteiger partial charge in [0.25, 0.3) is 0 Å². The number of para-hydroxylation sites is 1. The number of hydrogen-bond acceptors (Lipinski definition) is 3. The van der Waals surface area contributed by atoms with E-state index in [0.717, 1.165) is 39.7 Å². The first-order valence-electron chi connectivity index (χ1n) is 12.2. The zero-order valence-electron chi connectivity index (χ0n) is 19.7. The molecule has 4 nitrogen and oxygen atoms in total. The monoisotopic (exact) mass is 469 g/mol. The standard InChI is InChI=1S/C32H23NO3/c1-31-22-14-6-8-16-24(22)32(19-34,25-17-9-7-15-23(25)31)28-27(31)29(35)33(30(28)36)26-18-10-5-13-21(26)20-11-3-2-4-12-20/h2-19,27-28H,1H3/t27-,28-,31?,32?/m1/s1. The molecule has 0 aromatic heterocycles. The van der Waals surface area contributed by atoms with Gasteiger partial charge in [0.05, 0.1) is 22.9 Å². The number of benzene rings is 4. The van der Waals surface area contributed by atoms with Gasteiger partial charge < -0.3 is 4.79 Å². The maximum atomic E-state index is 14.4. The highest BCUT2D eigenvalue weighted by Gasteiger charge is 2.72. The fraction of sp³-hybridized carbons (Fsp3) is 0.156. The number of rotatable bonds is 3. The predicted octanol–water partition coefficient (Wildman–Crippen LogP) is 5.28. The van der Waals surface area contributed by atoms with Crippen LogP contribution in [0.4, 0.5) is 5.69 Å². The van der Waals surface area contributed by atoms with E-state index in [2.05, 4.69) is 6.92 Å². The van der Waals surface area contributed by atoms with Crippen LogP contribution in [0.15, 0.2) is 103 Å². The third kappa shape index (κ3) is 2.27. The van der Waals surface area contributed by atoms with Gasteiger partial charge in [-0.25, -0.2) is 4.90 Å². The quantitative estimate of drug-likeness (QED) is 0.303. The molecule has 1 heterocycles. The van der Waals surface area contributed by atoms with Gasteiger partial charge in [-0.1, -0.05) is 104 Å².